The number of sulfonamides is 1. The predicted molar refractivity (Wildman–Crippen MR) is 174 cm³/mol. The van der Waals surface area contributed by atoms with Crippen molar-refractivity contribution in [2.75, 3.05) is 31.1 Å². The standard InChI is InChI=1S/C34H43ClFN3O5S/c1-21-8-12-29(36)32(22(2)40)39-15-5-7-27(39)18-38-19-34(14-4-6-24-16-26(35)10-11-28(24)34)20-44-31-13-9-25(17-30(31)38)33(41)37-45(42,43)23(21)3/h9-13,16-17,21-23,27,32,40H,4-8,14-15,18-20H2,1-3H3,(H,37,41)/b29-12-/t21-,22-,23+,27-,32-,34-/m0/s1. The molecule has 1 saturated heterocycles. The van der Waals surface area contributed by atoms with Crippen LogP contribution in [0.3, 0.4) is 0 Å². The van der Waals surface area contributed by atoms with Crippen molar-refractivity contribution in [1.29, 1.82) is 0 Å². The molecule has 4 aliphatic rings. The lowest BCUT2D eigenvalue weighted by molar-refractivity contribution is 0.0611. The second-order valence-electron chi connectivity index (χ2n) is 13.5. The third-order valence-electron chi connectivity index (χ3n) is 10.5. The van der Waals surface area contributed by atoms with Crippen molar-refractivity contribution < 1.29 is 27.4 Å². The van der Waals surface area contributed by atoms with Gasteiger partial charge in [-0.05, 0) is 106 Å². The molecule has 1 aliphatic carbocycles. The summed E-state index contributed by atoms with van der Waals surface area (Å²) >= 11 is 6.40. The molecule has 0 saturated carbocycles. The number of amides is 1. The van der Waals surface area contributed by atoms with E-state index in [4.69, 9.17) is 16.3 Å². The lowest BCUT2D eigenvalue weighted by Gasteiger charge is -2.43. The summed E-state index contributed by atoms with van der Waals surface area (Å²) in [6.45, 7) is 7.04. The Morgan fingerprint density at radius 1 is 1.18 bits per heavy atom. The maximum atomic E-state index is 16.0. The number of rotatable bonds is 1. The van der Waals surface area contributed by atoms with Crippen LogP contribution in [0.5, 0.6) is 5.75 Å². The molecule has 2 aromatic carbocycles. The first-order valence-electron chi connectivity index (χ1n) is 16.0. The molecule has 3 heterocycles. The first kappa shape index (κ1) is 32.3. The number of carbonyl (C=O) groups is 1. The zero-order valence-corrected chi connectivity index (χ0v) is 27.7. The van der Waals surface area contributed by atoms with Crippen molar-refractivity contribution in [3.63, 3.8) is 0 Å². The Hall–Kier alpha value is -2.66. The molecule has 0 radical (unpaired) electrons. The van der Waals surface area contributed by atoms with E-state index in [2.05, 4.69) is 20.6 Å². The summed E-state index contributed by atoms with van der Waals surface area (Å²) in [5, 5.41) is 10.6. The average molecular weight is 660 g/mol. The van der Waals surface area contributed by atoms with Gasteiger partial charge in [-0.1, -0.05) is 30.7 Å². The van der Waals surface area contributed by atoms with Crippen LogP contribution in [0.25, 0.3) is 0 Å². The third-order valence-corrected chi connectivity index (χ3v) is 12.6. The van der Waals surface area contributed by atoms with Gasteiger partial charge in [-0.3, -0.25) is 9.69 Å². The molecule has 11 heteroatoms. The van der Waals surface area contributed by atoms with Crippen LogP contribution >= 0.6 is 11.6 Å². The van der Waals surface area contributed by atoms with Gasteiger partial charge in [0.25, 0.3) is 5.91 Å². The molecule has 0 unspecified atom stereocenters. The number of halogens is 2. The molecule has 1 spiro atoms. The van der Waals surface area contributed by atoms with Gasteiger partial charge in [0.15, 0.2) is 0 Å². The molecule has 0 aromatic heterocycles. The van der Waals surface area contributed by atoms with Crippen LogP contribution in [0.1, 0.15) is 74.4 Å². The second-order valence-corrected chi connectivity index (χ2v) is 16.0. The fraction of sp³-hybridized carbons (Fsp3) is 0.559. The zero-order chi connectivity index (χ0) is 32.1. The summed E-state index contributed by atoms with van der Waals surface area (Å²) in [6, 6.07) is 10.2. The second kappa shape index (κ2) is 12.5. The van der Waals surface area contributed by atoms with Crippen molar-refractivity contribution in [2.24, 2.45) is 5.92 Å². The van der Waals surface area contributed by atoms with Gasteiger partial charge in [0.05, 0.1) is 29.7 Å². The Balaban J connectivity index is 1.47. The number of ether oxygens (including phenoxy) is 1. The molecular weight excluding hydrogens is 617 g/mol. The van der Waals surface area contributed by atoms with E-state index < -0.39 is 45.1 Å². The Morgan fingerprint density at radius 2 is 1.98 bits per heavy atom. The summed E-state index contributed by atoms with van der Waals surface area (Å²) in [7, 11) is -4.07. The lowest BCUT2D eigenvalue weighted by Crippen LogP contribution is -2.52. The smallest absolute Gasteiger partial charge is 0.264 e. The highest BCUT2D eigenvalue weighted by molar-refractivity contribution is 7.90. The molecule has 8 nitrogen and oxygen atoms in total. The number of benzene rings is 2. The number of fused-ring (bicyclic) bond motifs is 4. The van der Waals surface area contributed by atoms with E-state index in [1.807, 2.05) is 12.1 Å². The molecule has 45 heavy (non-hydrogen) atoms. The highest BCUT2D eigenvalue weighted by Crippen LogP contribution is 2.45. The summed E-state index contributed by atoms with van der Waals surface area (Å²) in [4.78, 5) is 17.7. The molecule has 1 amide bonds. The summed E-state index contributed by atoms with van der Waals surface area (Å²) in [5.41, 5.74) is 2.97. The number of aryl methyl sites for hydroxylation is 1. The number of aliphatic hydroxyl groups excluding tert-OH is 1. The fourth-order valence-electron chi connectivity index (χ4n) is 7.79. The average Bonchev–Trinajstić information content (AvgIpc) is 3.38. The van der Waals surface area contributed by atoms with E-state index in [0.717, 1.165) is 32.1 Å². The Labute approximate surface area is 270 Å². The van der Waals surface area contributed by atoms with E-state index in [1.165, 1.54) is 24.1 Å². The molecule has 3 aliphatic heterocycles. The Kier molecular flexibility index (Phi) is 8.97. The van der Waals surface area contributed by atoms with Gasteiger partial charge in [0.2, 0.25) is 10.0 Å². The number of anilines is 1. The number of nitrogens with one attached hydrogen (secondary N) is 1. The van der Waals surface area contributed by atoms with Gasteiger partial charge in [-0.25, -0.2) is 17.5 Å². The van der Waals surface area contributed by atoms with E-state index in [-0.39, 0.29) is 23.4 Å². The van der Waals surface area contributed by atoms with Gasteiger partial charge in [0, 0.05) is 35.1 Å². The van der Waals surface area contributed by atoms with Crippen LogP contribution in [-0.2, 0) is 21.9 Å². The Bertz CT molecular complexity index is 1600. The predicted octanol–water partition coefficient (Wildman–Crippen LogP) is 5.37. The van der Waals surface area contributed by atoms with Gasteiger partial charge < -0.3 is 14.7 Å². The van der Waals surface area contributed by atoms with Crippen LogP contribution in [0, 0.1) is 5.92 Å². The maximum absolute atomic E-state index is 16.0. The zero-order valence-electron chi connectivity index (χ0n) is 26.1. The highest BCUT2D eigenvalue weighted by Gasteiger charge is 2.44. The number of hydrogen-bond donors (Lipinski definition) is 2. The molecule has 2 aromatic rings. The largest absolute Gasteiger partial charge is 0.490 e. The third kappa shape index (κ3) is 6.23. The first-order valence-corrected chi connectivity index (χ1v) is 18.0. The van der Waals surface area contributed by atoms with Crippen LogP contribution in [0.4, 0.5) is 10.1 Å². The van der Waals surface area contributed by atoms with Crippen LogP contribution < -0.4 is 14.4 Å². The van der Waals surface area contributed by atoms with Gasteiger partial charge in [-0.2, -0.15) is 0 Å². The first-order chi connectivity index (χ1) is 21.4. The number of allylic oxidation sites excluding steroid dienone is 1. The van der Waals surface area contributed by atoms with Crippen molar-refractivity contribution >= 4 is 33.2 Å². The molecule has 244 valence electrons. The minimum atomic E-state index is -4.07. The van der Waals surface area contributed by atoms with Crippen LogP contribution in [0.15, 0.2) is 48.3 Å². The normalized spacial score (nSPS) is 32.4. The highest BCUT2D eigenvalue weighted by atomic mass is 35.5. The lowest BCUT2D eigenvalue weighted by atomic mass is 9.70. The number of nitrogens with zero attached hydrogens (tertiary/aromatic N) is 2. The quantitative estimate of drug-likeness (QED) is 0.425. The monoisotopic (exact) mass is 659 g/mol. The number of hydrogen-bond acceptors (Lipinski definition) is 7. The van der Waals surface area contributed by atoms with Crippen molar-refractivity contribution in [3.05, 3.63) is 70.0 Å². The molecule has 6 atom stereocenters. The molecule has 2 bridgehead atoms. The number of carbonyl (C=O) groups excluding carboxylic acids is 1. The minimum absolute atomic E-state index is 0.0675. The van der Waals surface area contributed by atoms with Gasteiger partial charge in [-0.15, -0.1) is 0 Å². The van der Waals surface area contributed by atoms with E-state index in [1.54, 1.807) is 32.0 Å². The van der Waals surface area contributed by atoms with Crippen LogP contribution in [0.2, 0.25) is 5.02 Å². The minimum Gasteiger partial charge on any atom is -0.490 e. The maximum Gasteiger partial charge on any atom is 0.264 e. The van der Waals surface area contributed by atoms with E-state index in [0.29, 0.717) is 42.7 Å². The molecular formula is C34H43ClFN3O5S. The van der Waals surface area contributed by atoms with E-state index in [9.17, 15) is 18.3 Å². The molecule has 2 N–H and O–H groups in total. The molecule has 6 rings (SSSR count). The Morgan fingerprint density at radius 3 is 2.76 bits per heavy atom. The van der Waals surface area contributed by atoms with Crippen molar-refractivity contribution in [3.8, 4) is 5.75 Å². The summed E-state index contributed by atoms with van der Waals surface area (Å²) < 4.78 is 51.3. The van der Waals surface area contributed by atoms with E-state index >= 15 is 4.39 Å². The summed E-state index contributed by atoms with van der Waals surface area (Å²) in [5.74, 6) is -1.03. The van der Waals surface area contributed by atoms with Crippen molar-refractivity contribution in [1.82, 2.24) is 9.62 Å². The fourth-order valence-corrected chi connectivity index (χ4v) is 9.27. The molecule has 1 fully saturated rings. The van der Waals surface area contributed by atoms with Gasteiger partial charge >= 0.3 is 0 Å². The van der Waals surface area contributed by atoms with Gasteiger partial charge in [0.1, 0.15) is 11.6 Å². The summed E-state index contributed by atoms with van der Waals surface area (Å²) in [6.07, 6.45) is 5.08. The topological polar surface area (TPSA) is 99.2 Å². The van der Waals surface area contributed by atoms with Crippen molar-refractivity contribution in [2.45, 2.75) is 88.1 Å². The number of aliphatic hydroxyl groups is 1. The SMILES string of the molecule is C[C@H](O)[C@H]1/C(F)=C/C[C@H](C)[C@@H](C)S(=O)(=O)NC(=O)c2ccc3c(c2)N(C[C@@H]2CCCN21)C[C@@]1(CCCc2cc(Cl)ccc21)CO3. The van der Waals surface area contributed by atoms with Crippen LogP contribution in [-0.4, -0.2) is 74.0 Å².